The fourth-order valence-electron chi connectivity index (χ4n) is 8.18. The van der Waals surface area contributed by atoms with E-state index in [0.29, 0.717) is 45.9 Å². The predicted molar refractivity (Wildman–Crippen MR) is 237 cm³/mol. The Kier molecular flexibility index (Phi) is 12.2. The molecule has 0 aliphatic carbocycles. The largest absolute Gasteiger partial charge is 0.493 e. The minimum Gasteiger partial charge on any atom is -0.493 e. The highest BCUT2D eigenvalue weighted by atomic mass is 16.5. The third-order valence-electron chi connectivity index (χ3n) is 11.0. The van der Waals surface area contributed by atoms with Crippen molar-refractivity contribution in [2.75, 3.05) is 18.1 Å². The number of hydrogen-bond acceptors (Lipinski definition) is 7. The zero-order valence-corrected chi connectivity index (χ0v) is 33.9. The molecule has 8 rings (SSSR count). The second-order valence-corrected chi connectivity index (χ2v) is 15.0. The molecular weight excluding hydrogens is 765 g/mol. The molecule has 1 unspecified atom stereocenters. The van der Waals surface area contributed by atoms with E-state index in [0.717, 1.165) is 27.6 Å². The number of ether oxygens (including phenoxy) is 2. The molecule has 9 nitrogen and oxygen atoms in total. The Morgan fingerprint density at radius 3 is 1.98 bits per heavy atom. The maximum atomic E-state index is 15.4. The van der Waals surface area contributed by atoms with Gasteiger partial charge in [0.1, 0.15) is 23.2 Å². The lowest BCUT2D eigenvalue weighted by Crippen LogP contribution is -2.52. The first-order valence-corrected chi connectivity index (χ1v) is 20.4. The molecule has 0 radical (unpaired) electrons. The zero-order valence-electron chi connectivity index (χ0n) is 33.9. The van der Waals surface area contributed by atoms with Crippen LogP contribution in [0.2, 0.25) is 0 Å². The highest BCUT2D eigenvalue weighted by Crippen LogP contribution is 2.49. The lowest BCUT2D eigenvalue weighted by Gasteiger charge is -2.39. The molecule has 3 atom stereocenters. The Balaban J connectivity index is 1.29. The standard InChI is InChI=1S/C52H46N2O7/c1-3-13-48(60-35(2)56)50-49(53(34-44-32-42-18-10-11-19-47(42)61-44)51(57)40-24-20-38(21-25-40)36-14-6-4-7-15-36)45-33-43(59-31-12-30-55)28-29-46(45)54(50)52(58)41-26-22-39(23-27-41)37-16-8-5-9-17-37/h3-11,14-29,32-33,48-50,55H,1,12-13,30-31,34H2,2H3/t48?,49-,50+/m0/s1. The number of anilines is 1. The van der Waals surface area contributed by atoms with Crippen LogP contribution in [0.3, 0.4) is 0 Å². The maximum Gasteiger partial charge on any atom is 0.302 e. The van der Waals surface area contributed by atoms with Gasteiger partial charge in [0.15, 0.2) is 0 Å². The van der Waals surface area contributed by atoms with Gasteiger partial charge in [-0.2, -0.15) is 0 Å². The number of esters is 1. The summed E-state index contributed by atoms with van der Waals surface area (Å²) >= 11 is 0. The minimum atomic E-state index is -0.928. The summed E-state index contributed by atoms with van der Waals surface area (Å²) in [4.78, 5) is 46.9. The third-order valence-corrected chi connectivity index (χ3v) is 11.0. The van der Waals surface area contributed by atoms with E-state index in [4.69, 9.17) is 13.9 Å². The Morgan fingerprint density at radius 1 is 0.770 bits per heavy atom. The van der Waals surface area contributed by atoms with E-state index < -0.39 is 24.2 Å². The number of amides is 2. The number of nitrogens with zero attached hydrogens (tertiary/aromatic N) is 2. The van der Waals surface area contributed by atoms with Gasteiger partial charge in [0, 0.05) is 48.4 Å². The number of fused-ring (bicyclic) bond motifs is 2. The quantitative estimate of drug-likeness (QED) is 0.0624. The summed E-state index contributed by atoms with van der Waals surface area (Å²) in [6.45, 7) is 5.55. The second-order valence-electron chi connectivity index (χ2n) is 15.0. The van der Waals surface area contributed by atoms with Crippen LogP contribution in [0.15, 0.2) is 175 Å². The average molecular weight is 811 g/mol. The van der Waals surface area contributed by atoms with Gasteiger partial charge in [-0.1, -0.05) is 109 Å². The molecule has 1 aliphatic rings. The van der Waals surface area contributed by atoms with E-state index in [-0.39, 0.29) is 38.0 Å². The summed E-state index contributed by atoms with van der Waals surface area (Å²) in [7, 11) is 0. The van der Waals surface area contributed by atoms with Gasteiger partial charge < -0.3 is 23.9 Å². The van der Waals surface area contributed by atoms with Crippen molar-refractivity contribution in [3.63, 3.8) is 0 Å². The third kappa shape index (κ3) is 8.74. The Bertz CT molecular complexity index is 2610. The number of aliphatic hydroxyl groups excluding tert-OH is 1. The molecule has 2 amide bonds. The number of hydrogen-bond donors (Lipinski definition) is 1. The van der Waals surface area contributed by atoms with Crippen LogP contribution in [0.25, 0.3) is 33.2 Å². The van der Waals surface area contributed by atoms with Crippen molar-refractivity contribution < 1.29 is 33.4 Å². The van der Waals surface area contributed by atoms with Crippen molar-refractivity contribution in [3.8, 4) is 28.0 Å². The molecule has 61 heavy (non-hydrogen) atoms. The van der Waals surface area contributed by atoms with Gasteiger partial charge >= 0.3 is 5.97 Å². The van der Waals surface area contributed by atoms with Crippen LogP contribution >= 0.6 is 0 Å². The van der Waals surface area contributed by atoms with Gasteiger partial charge in [0.25, 0.3) is 11.8 Å². The summed E-state index contributed by atoms with van der Waals surface area (Å²) in [6, 6.07) is 47.9. The molecule has 7 aromatic rings. The molecule has 0 saturated carbocycles. The van der Waals surface area contributed by atoms with Gasteiger partial charge in [0.05, 0.1) is 30.9 Å². The van der Waals surface area contributed by atoms with E-state index in [1.165, 1.54) is 6.92 Å². The fourth-order valence-corrected chi connectivity index (χ4v) is 8.18. The number of aliphatic hydroxyl groups is 1. The van der Waals surface area contributed by atoms with Gasteiger partial charge in [-0.05, 0) is 76.9 Å². The van der Waals surface area contributed by atoms with Gasteiger partial charge in [-0.15, -0.1) is 6.58 Å². The highest BCUT2D eigenvalue weighted by Gasteiger charge is 2.51. The molecule has 0 spiro atoms. The van der Waals surface area contributed by atoms with Gasteiger partial charge in [-0.25, -0.2) is 0 Å². The number of benzene rings is 6. The Morgan fingerprint density at radius 2 is 1.38 bits per heavy atom. The van der Waals surface area contributed by atoms with Gasteiger partial charge in [-0.3, -0.25) is 19.3 Å². The van der Waals surface area contributed by atoms with Crippen LogP contribution in [-0.2, 0) is 16.1 Å². The lowest BCUT2D eigenvalue weighted by atomic mass is 9.93. The number of carbonyl (C=O) groups is 3. The molecule has 1 N–H and O–H groups in total. The van der Waals surface area contributed by atoms with E-state index in [9.17, 15) is 9.90 Å². The predicted octanol–water partition coefficient (Wildman–Crippen LogP) is 10.4. The van der Waals surface area contributed by atoms with Crippen molar-refractivity contribution in [1.82, 2.24) is 4.90 Å². The molecule has 306 valence electrons. The molecule has 0 bridgehead atoms. The zero-order chi connectivity index (χ0) is 42.3. The molecule has 9 heteroatoms. The van der Waals surface area contributed by atoms with Crippen molar-refractivity contribution in [1.29, 1.82) is 0 Å². The highest BCUT2D eigenvalue weighted by molar-refractivity contribution is 6.09. The summed E-state index contributed by atoms with van der Waals surface area (Å²) < 4.78 is 18.6. The van der Waals surface area contributed by atoms with Crippen molar-refractivity contribution >= 4 is 34.4 Å². The van der Waals surface area contributed by atoms with E-state index in [2.05, 4.69) is 6.58 Å². The topological polar surface area (TPSA) is 110 Å². The number of carbonyl (C=O) groups excluding carboxylic acids is 3. The SMILES string of the molecule is C=CCC(OC(C)=O)[C@@H]1[C@@H](N(Cc2cc3ccccc3o2)C(=O)c2ccc(-c3ccccc3)cc2)c2cc(OCCCO)ccc2N1C(=O)c1ccc(-c2ccccc2)cc1. The number of furan rings is 1. The summed E-state index contributed by atoms with van der Waals surface area (Å²) in [5.41, 5.74) is 6.56. The maximum absolute atomic E-state index is 15.4. The molecular formula is C52H46N2O7. The van der Waals surface area contributed by atoms with Crippen LogP contribution in [0.4, 0.5) is 5.69 Å². The fraction of sp³-hybridized carbons (Fsp3) is 0.173. The molecule has 1 aliphatic heterocycles. The molecule has 2 heterocycles. The molecule has 6 aromatic carbocycles. The minimum absolute atomic E-state index is 0.0127. The first-order chi connectivity index (χ1) is 29.8. The first-order valence-electron chi connectivity index (χ1n) is 20.4. The van der Waals surface area contributed by atoms with Crippen molar-refractivity contribution in [2.45, 2.75) is 44.5 Å². The summed E-state index contributed by atoms with van der Waals surface area (Å²) in [5.74, 6) is -0.184. The van der Waals surface area contributed by atoms with E-state index in [1.54, 1.807) is 46.2 Å². The molecule has 0 saturated heterocycles. The normalized spacial score (nSPS) is 14.9. The number of para-hydroxylation sites is 1. The second kappa shape index (κ2) is 18.4. The van der Waals surface area contributed by atoms with Crippen molar-refractivity contribution in [3.05, 3.63) is 193 Å². The molecule has 1 aromatic heterocycles. The Hall–Kier alpha value is -7.23. The van der Waals surface area contributed by atoms with E-state index in [1.807, 2.05) is 127 Å². The van der Waals surface area contributed by atoms with Crippen molar-refractivity contribution in [2.24, 2.45) is 0 Å². The van der Waals surface area contributed by atoms with Crippen LogP contribution in [-0.4, -0.2) is 53.1 Å². The van der Waals surface area contributed by atoms with Crippen LogP contribution in [0.1, 0.15) is 57.8 Å². The average Bonchev–Trinajstić information content (AvgIpc) is 3.87. The van der Waals surface area contributed by atoms with Crippen LogP contribution in [0.5, 0.6) is 5.75 Å². The lowest BCUT2D eigenvalue weighted by molar-refractivity contribution is -0.147. The van der Waals surface area contributed by atoms with Crippen LogP contribution < -0.4 is 9.64 Å². The van der Waals surface area contributed by atoms with E-state index >= 15 is 9.59 Å². The smallest absolute Gasteiger partial charge is 0.302 e. The van der Waals surface area contributed by atoms with Gasteiger partial charge in [0.2, 0.25) is 0 Å². The van der Waals surface area contributed by atoms with Crippen LogP contribution in [0, 0.1) is 0 Å². The first kappa shape index (κ1) is 40.5. The Labute approximate surface area is 355 Å². The summed E-state index contributed by atoms with van der Waals surface area (Å²) in [6.07, 6.45) is 1.33. The molecule has 0 fully saturated rings. The number of rotatable bonds is 15. The monoisotopic (exact) mass is 810 g/mol. The summed E-state index contributed by atoms with van der Waals surface area (Å²) in [5, 5.41) is 10.4.